The number of benzene rings is 2. The molecular formula is C21H25BrN2O4. The number of halogens is 1. The average Bonchev–Trinajstić information content (AvgIpc) is 2.70. The van der Waals surface area contributed by atoms with E-state index in [1.54, 1.807) is 12.1 Å². The maximum atomic E-state index is 13.0. The number of amides is 1. The molecule has 0 aromatic heterocycles. The molecule has 28 heavy (non-hydrogen) atoms. The van der Waals surface area contributed by atoms with Crippen molar-refractivity contribution < 1.29 is 19.4 Å². The Bertz CT molecular complexity index is 857. The summed E-state index contributed by atoms with van der Waals surface area (Å²) in [5.41, 5.74) is 3.45. The van der Waals surface area contributed by atoms with Crippen LogP contribution in [-0.2, 0) is 6.42 Å². The molecule has 0 saturated carbocycles. The molecule has 1 atom stereocenters. The lowest BCUT2D eigenvalue weighted by Crippen LogP contribution is -2.31. The van der Waals surface area contributed by atoms with Gasteiger partial charge in [0.1, 0.15) is 11.5 Å². The SMILES string of the molecule is CCOc1cc(OC)c(C(=O)Nc2cccc3c2CCNC3CCO)cc1Br. The van der Waals surface area contributed by atoms with Gasteiger partial charge in [0.2, 0.25) is 0 Å². The Balaban J connectivity index is 1.90. The Morgan fingerprint density at radius 1 is 1.36 bits per heavy atom. The van der Waals surface area contributed by atoms with Gasteiger partial charge in [-0.15, -0.1) is 0 Å². The summed E-state index contributed by atoms with van der Waals surface area (Å²) in [5.74, 6) is 0.839. The van der Waals surface area contributed by atoms with Crippen molar-refractivity contribution in [1.82, 2.24) is 5.32 Å². The number of methoxy groups -OCH3 is 1. The molecule has 0 saturated heterocycles. The fourth-order valence-electron chi connectivity index (χ4n) is 3.53. The molecule has 3 rings (SSSR count). The maximum Gasteiger partial charge on any atom is 0.259 e. The number of hydrogen-bond acceptors (Lipinski definition) is 5. The minimum Gasteiger partial charge on any atom is -0.496 e. The van der Waals surface area contributed by atoms with Crippen molar-refractivity contribution in [3.8, 4) is 11.5 Å². The van der Waals surface area contributed by atoms with E-state index in [0.717, 1.165) is 29.8 Å². The third-order valence-corrected chi connectivity index (χ3v) is 5.44. The zero-order valence-electron chi connectivity index (χ0n) is 16.0. The van der Waals surface area contributed by atoms with Gasteiger partial charge in [0, 0.05) is 24.4 Å². The van der Waals surface area contributed by atoms with E-state index in [1.807, 2.05) is 25.1 Å². The van der Waals surface area contributed by atoms with E-state index in [0.29, 0.717) is 34.6 Å². The predicted octanol–water partition coefficient (Wildman–Crippen LogP) is 3.68. The molecule has 2 aromatic rings. The average molecular weight is 449 g/mol. The van der Waals surface area contributed by atoms with Gasteiger partial charge in [0.05, 0.1) is 23.8 Å². The third kappa shape index (κ3) is 4.32. The van der Waals surface area contributed by atoms with E-state index in [9.17, 15) is 9.90 Å². The number of rotatable bonds is 7. The second-order valence-corrected chi connectivity index (χ2v) is 7.37. The molecule has 7 heteroatoms. The molecule has 1 unspecified atom stereocenters. The number of nitrogens with one attached hydrogen (secondary N) is 2. The summed E-state index contributed by atoms with van der Waals surface area (Å²) < 4.78 is 11.7. The number of fused-ring (bicyclic) bond motifs is 1. The Labute approximate surface area is 173 Å². The van der Waals surface area contributed by atoms with Crippen LogP contribution in [0, 0.1) is 0 Å². The summed E-state index contributed by atoms with van der Waals surface area (Å²) in [5, 5.41) is 15.8. The van der Waals surface area contributed by atoms with Crippen LogP contribution in [0.1, 0.15) is 40.9 Å². The van der Waals surface area contributed by atoms with Crippen molar-refractivity contribution in [2.24, 2.45) is 0 Å². The zero-order chi connectivity index (χ0) is 20.1. The first-order valence-electron chi connectivity index (χ1n) is 9.36. The van der Waals surface area contributed by atoms with E-state index >= 15 is 0 Å². The van der Waals surface area contributed by atoms with E-state index in [1.165, 1.54) is 7.11 Å². The van der Waals surface area contributed by atoms with Crippen LogP contribution in [0.4, 0.5) is 5.69 Å². The monoisotopic (exact) mass is 448 g/mol. The topological polar surface area (TPSA) is 79.8 Å². The van der Waals surface area contributed by atoms with Crippen molar-refractivity contribution in [3.05, 3.63) is 51.5 Å². The van der Waals surface area contributed by atoms with Crippen LogP contribution in [0.15, 0.2) is 34.8 Å². The Morgan fingerprint density at radius 3 is 2.89 bits per heavy atom. The molecule has 0 bridgehead atoms. The van der Waals surface area contributed by atoms with Gasteiger partial charge in [-0.3, -0.25) is 4.79 Å². The molecule has 3 N–H and O–H groups in total. The highest BCUT2D eigenvalue weighted by Gasteiger charge is 2.23. The Kier molecular flexibility index (Phi) is 6.93. The summed E-state index contributed by atoms with van der Waals surface area (Å²) in [6, 6.07) is 9.41. The number of ether oxygens (including phenoxy) is 2. The number of carbonyl (C=O) groups excluding carboxylic acids is 1. The van der Waals surface area contributed by atoms with E-state index < -0.39 is 0 Å². The Hall–Kier alpha value is -2.09. The maximum absolute atomic E-state index is 13.0. The van der Waals surface area contributed by atoms with Crippen molar-refractivity contribution in [3.63, 3.8) is 0 Å². The summed E-state index contributed by atoms with van der Waals surface area (Å²) in [6.07, 6.45) is 1.46. The number of anilines is 1. The highest BCUT2D eigenvalue weighted by Crippen LogP contribution is 2.35. The van der Waals surface area contributed by atoms with Crippen molar-refractivity contribution in [1.29, 1.82) is 0 Å². The normalized spacial score (nSPS) is 15.6. The fraction of sp³-hybridized carbons (Fsp3) is 0.381. The molecule has 1 heterocycles. The quantitative estimate of drug-likeness (QED) is 0.601. The molecule has 1 aliphatic rings. The van der Waals surface area contributed by atoms with Gasteiger partial charge in [-0.05, 0) is 65.5 Å². The number of aliphatic hydroxyl groups excluding tert-OH is 1. The van der Waals surface area contributed by atoms with Crippen LogP contribution >= 0.6 is 15.9 Å². The van der Waals surface area contributed by atoms with Crippen LogP contribution in [-0.4, -0.2) is 37.9 Å². The second-order valence-electron chi connectivity index (χ2n) is 6.51. The molecular weight excluding hydrogens is 424 g/mol. The predicted molar refractivity (Wildman–Crippen MR) is 112 cm³/mol. The third-order valence-electron chi connectivity index (χ3n) is 4.82. The highest BCUT2D eigenvalue weighted by molar-refractivity contribution is 9.10. The van der Waals surface area contributed by atoms with E-state index in [4.69, 9.17) is 9.47 Å². The highest BCUT2D eigenvalue weighted by atomic mass is 79.9. The van der Waals surface area contributed by atoms with Gasteiger partial charge in [0.25, 0.3) is 5.91 Å². The van der Waals surface area contributed by atoms with Crippen LogP contribution < -0.4 is 20.1 Å². The van der Waals surface area contributed by atoms with Gasteiger partial charge < -0.3 is 25.2 Å². The molecule has 0 spiro atoms. The standard InChI is InChI=1S/C21H25BrN2O4/c1-3-28-20-12-19(27-2)15(11-16(20)22)21(26)24-18-6-4-5-13-14(18)7-9-23-17(13)8-10-25/h4-6,11-12,17,23,25H,3,7-10H2,1-2H3,(H,24,26). The van der Waals surface area contributed by atoms with Crippen LogP contribution in [0.2, 0.25) is 0 Å². The lowest BCUT2D eigenvalue weighted by atomic mass is 9.91. The lowest BCUT2D eigenvalue weighted by molar-refractivity contribution is 0.102. The first-order valence-corrected chi connectivity index (χ1v) is 10.2. The van der Waals surface area contributed by atoms with Crippen LogP contribution in [0.5, 0.6) is 11.5 Å². The summed E-state index contributed by atoms with van der Waals surface area (Å²) in [7, 11) is 1.53. The Morgan fingerprint density at radius 2 is 2.18 bits per heavy atom. The van der Waals surface area contributed by atoms with Gasteiger partial charge in [-0.2, -0.15) is 0 Å². The molecule has 2 aromatic carbocycles. The van der Waals surface area contributed by atoms with E-state index in [2.05, 4.69) is 26.6 Å². The van der Waals surface area contributed by atoms with Gasteiger partial charge in [-0.1, -0.05) is 12.1 Å². The van der Waals surface area contributed by atoms with Gasteiger partial charge >= 0.3 is 0 Å². The summed E-state index contributed by atoms with van der Waals surface area (Å²) in [4.78, 5) is 13.0. The summed E-state index contributed by atoms with van der Waals surface area (Å²) >= 11 is 3.46. The largest absolute Gasteiger partial charge is 0.496 e. The smallest absolute Gasteiger partial charge is 0.259 e. The first-order chi connectivity index (χ1) is 13.6. The molecule has 1 amide bonds. The molecule has 0 fully saturated rings. The molecule has 6 nitrogen and oxygen atoms in total. The van der Waals surface area contributed by atoms with Crippen LogP contribution in [0.25, 0.3) is 0 Å². The van der Waals surface area contributed by atoms with Crippen molar-refractivity contribution in [2.75, 3.05) is 32.2 Å². The number of aliphatic hydroxyl groups is 1. The fourth-order valence-corrected chi connectivity index (χ4v) is 3.99. The van der Waals surface area contributed by atoms with Gasteiger partial charge in [-0.25, -0.2) is 0 Å². The van der Waals surface area contributed by atoms with Gasteiger partial charge in [0.15, 0.2) is 0 Å². The molecule has 0 radical (unpaired) electrons. The number of hydrogen-bond donors (Lipinski definition) is 3. The minimum absolute atomic E-state index is 0.0970. The molecule has 1 aliphatic heterocycles. The second kappa shape index (κ2) is 9.41. The van der Waals surface area contributed by atoms with Crippen LogP contribution in [0.3, 0.4) is 0 Å². The lowest BCUT2D eigenvalue weighted by Gasteiger charge is -2.28. The van der Waals surface area contributed by atoms with E-state index in [-0.39, 0.29) is 18.6 Å². The summed E-state index contributed by atoms with van der Waals surface area (Å²) in [6.45, 7) is 3.34. The number of carbonyl (C=O) groups is 1. The first kappa shape index (κ1) is 20.6. The minimum atomic E-state index is -0.244. The van der Waals surface area contributed by atoms with Crippen molar-refractivity contribution in [2.45, 2.75) is 25.8 Å². The molecule has 150 valence electrons. The zero-order valence-corrected chi connectivity index (χ0v) is 17.6. The van der Waals surface area contributed by atoms with Crippen molar-refractivity contribution >= 4 is 27.5 Å². The molecule has 0 aliphatic carbocycles.